The molecule has 0 aliphatic heterocycles. The van der Waals surface area contributed by atoms with Gasteiger partial charge in [0.2, 0.25) is 0 Å². The highest BCUT2D eigenvalue weighted by Gasteiger charge is 2.04. The van der Waals surface area contributed by atoms with E-state index in [-0.39, 0.29) is 0 Å². The molecule has 3 nitrogen and oxygen atoms in total. The molecule has 0 unspecified atom stereocenters. The van der Waals surface area contributed by atoms with Gasteiger partial charge < -0.3 is 14.2 Å². The van der Waals surface area contributed by atoms with E-state index in [0.29, 0.717) is 26.4 Å². The summed E-state index contributed by atoms with van der Waals surface area (Å²) in [5.41, 5.74) is 2.44. The second kappa shape index (κ2) is 7.27. The summed E-state index contributed by atoms with van der Waals surface area (Å²) in [6.45, 7) is 6.53. The number of fused-ring (bicyclic) bond motifs is 1. The summed E-state index contributed by atoms with van der Waals surface area (Å²) in [4.78, 5) is 0. The van der Waals surface area contributed by atoms with E-state index >= 15 is 0 Å². The SMILES string of the molecule is COCCOCCOc1cc(C)cc2ccc(C)cc12. The Morgan fingerprint density at radius 2 is 1.65 bits per heavy atom. The highest BCUT2D eigenvalue weighted by atomic mass is 16.5. The summed E-state index contributed by atoms with van der Waals surface area (Å²) in [5.74, 6) is 0.930. The minimum Gasteiger partial charge on any atom is -0.491 e. The van der Waals surface area contributed by atoms with E-state index in [1.54, 1.807) is 7.11 Å². The van der Waals surface area contributed by atoms with Gasteiger partial charge in [-0.15, -0.1) is 0 Å². The average molecular weight is 274 g/mol. The minimum absolute atomic E-state index is 0.552. The van der Waals surface area contributed by atoms with Gasteiger partial charge in [-0.2, -0.15) is 0 Å². The van der Waals surface area contributed by atoms with E-state index < -0.39 is 0 Å². The molecule has 0 saturated heterocycles. The second-order valence-electron chi connectivity index (χ2n) is 4.94. The van der Waals surface area contributed by atoms with Gasteiger partial charge in [0, 0.05) is 12.5 Å². The summed E-state index contributed by atoms with van der Waals surface area (Å²) in [5, 5.41) is 2.37. The van der Waals surface area contributed by atoms with Crippen molar-refractivity contribution in [1.82, 2.24) is 0 Å². The van der Waals surface area contributed by atoms with Gasteiger partial charge in [0.25, 0.3) is 0 Å². The van der Waals surface area contributed by atoms with Crippen LogP contribution in [0.4, 0.5) is 0 Å². The van der Waals surface area contributed by atoms with E-state index in [4.69, 9.17) is 14.2 Å². The first-order chi connectivity index (χ1) is 9.70. The molecule has 0 bridgehead atoms. The normalized spacial score (nSPS) is 10.9. The molecular weight excluding hydrogens is 252 g/mol. The molecule has 0 aliphatic rings. The molecule has 0 heterocycles. The Hall–Kier alpha value is -1.58. The zero-order chi connectivity index (χ0) is 14.4. The Kier molecular flexibility index (Phi) is 5.39. The standard InChI is InChI=1S/C17H22O3/c1-13-4-5-15-10-14(2)12-17(16(15)11-13)20-9-8-19-7-6-18-3/h4-5,10-12H,6-9H2,1-3H3. The topological polar surface area (TPSA) is 27.7 Å². The monoisotopic (exact) mass is 274 g/mol. The van der Waals surface area contributed by atoms with Gasteiger partial charge >= 0.3 is 0 Å². The lowest BCUT2D eigenvalue weighted by Gasteiger charge is -2.11. The van der Waals surface area contributed by atoms with E-state index in [2.05, 4.69) is 44.2 Å². The Bertz CT molecular complexity index is 563. The highest BCUT2D eigenvalue weighted by molar-refractivity contribution is 5.89. The molecule has 0 saturated carbocycles. The fourth-order valence-corrected chi connectivity index (χ4v) is 2.16. The number of ether oxygens (including phenoxy) is 3. The van der Waals surface area contributed by atoms with Gasteiger partial charge in [-0.05, 0) is 36.9 Å². The summed E-state index contributed by atoms with van der Waals surface area (Å²) in [6, 6.07) is 10.7. The molecule has 2 aromatic carbocycles. The van der Waals surface area contributed by atoms with Crippen molar-refractivity contribution in [3.8, 4) is 5.75 Å². The third-order valence-electron chi connectivity index (χ3n) is 3.13. The molecule has 108 valence electrons. The third kappa shape index (κ3) is 3.95. The van der Waals surface area contributed by atoms with Gasteiger partial charge in [-0.3, -0.25) is 0 Å². The van der Waals surface area contributed by atoms with Crippen LogP contribution in [0.1, 0.15) is 11.1 Å². The fourth-order valence-electron chi connectivity index (χ4n) is 2.16. The zero-order valence-electron chi connectivity index (χ0n) is 12.4. The smallest absolute Gasteiger partial charge is 0.127 e. The van der Waals surface area contributed by atoms with Crippen molar-refractivity contribution in [3.63, 3.8) is 0 Å². The maximum absolute atomic E-state index is 5.87. The van der Waals surface area contributed by atoms with Crippen LogP contribution < -0.4 is 4.74 Å². The predicted molar refractivity (Wildman–Crippen MR) is 81.6 cm³/mol. The van der Waals surface area contributed by atoms with Crippen molar-refractivity contribution in [3.05, 3.63) is 41.5 Å². The number of rotatable bonds is 7. The molecule has 0 N–H and O–H groups in total. The Morgan fingerprint density at radius 3 is 2.45 bits per heavy atom. The molecular formula is C17H22O3. The maximum Gasteiger partial charge on any atom is 0.127 e. The number of hydrogen-bond donors (Lipinski definition) is 0. The molecule has 0 spiro atoms. The van der Waals surface area contributed by atoms with Crippen molar-refractivity contribution in [2.45, 2.75) is 13.8 Å². The first kappa shape index (κ1) is 14.8. The first-order valence-electron chi connectivity index (χ1n) is 6.91. The van der Waals surface area contributed by atoms with Crippen LogP contribution >= 0.6 is 0 Å². The van der Waals surface area contributed by atoms with Gasteiger partial charge in [-0.25, -0.2) is 0 Å². The van der Waals surface area contributed by atoms with Crippen molar-refractivity contribution >= 4 is 10.8 Å². The van der Waals surface area contributed by atoms with Crippen molar-refractivity contribution in [1.29, 1.82) is 0 Å². The van der Waals surface area contributed by atoms with E-state index in [1.165, 1.54) is 16.5 Å². The van der Waals surface area contributed by atoms with Crippen molar-refractivity contribution in [2.75, 3.05) is 33.5 Å². The van der Waals surface area contributed by atoms with Crippen LogP contribution in [0.15, 0.2) is 30.3 Å². The minimum atomic E-state index is 0.552. The summed E-state index contributed by atoms with van der Waals surface area (Å²) in [6.07, 6.45) is 0. The number of aryl methyl sites for hydroxylation is 2. The summed E-state index contributed by atoms with van der Waals surface area (Å²) >= 11 is 0. The number of hydrogen-bond acceptors (Lipinski definition) is 3. The van der Waals surface area contributed by atoms with E-state index in [0.717, 1.165) is 11.1 Å². The van der Waals surface area contributed by atoms with Gasteiger partial charge in [-0.1, -0.05) is 23.8 Å². The van der Waals surface area contributed by atoms with Crippen LogP contribution in [-0.2, 0) is 9.47 Å². The lowest BCUT2D eigenvalue weighted by atomic mass is 10.0. The maximum atomic E-state index is 5.87. The van der Waals surface area contributed by atoms with Crippen LogP contribution in [0, 0.1) is 13.8 Å². The van der Waals surface area contributed by atoms with Crippen LogP contribution in [-0.4, -0.2) is 33.5 Å². The van der Waals surface area contributed by atoms with Crippen LogP contribution in [0.25, 0.3) is 10.8 Å². The largest absolute Gasteiger partial charge is 0.491 e. The van der Waals surface area contributed by atoms with Gasteiger partial charge in [0.1, 0.15) is 12.4 Å². The molecule has 0 atom stereocenters. The van der Waals surface area contributed by atoms with E-state index in [9.17, 15) is 0 Å². The molecule has 2 aromatic rings. The third-order valence-corrected chi connectivity index (χ3v) is 3.13. The Morgan fingerprint density at radius 1 is 0.850 bits per heavy atom. The molecule has 3 heteroatoms. The molecule has 0 aromatic heterocycles. The number of benzene rings is 2. The van der Waals surface area contributed by atoms with Gasteiger partial charge in [0.05, 0.1) is 19.8 Å². The Balaban J connectivity index is 2.03. The molecule has 0 amide bonds. The summed E-state index contributed by atoms with van der Waals surface area (Å²) in [7, 11) is 1.67. The van der Waals surface area contributed by atoms with Gasteiger partial charge in [0.15, 0.2) is 0 Å². The fraction of sp³-hybridized carbons (Fsp3) is 0.412. The lowest BCUT2D eigenvalue weighted by Crippen LogP contribution is -2.10. The molecule has 0 fully saturated rings. The molecule has 0 aliphatic carbocycles. The van der Waals surface area contributed by atoms with E-state index in [1.807, 2.05) is 0 Å². The molecule has 20 heavy (non-hydrogen) atoms. The van der Waals surface area contributed by atoms with Crippen LogP contribution in [0.2, 0.25) is 0 Å². The summed E-state index contributed by atoms with van der Waals surface area (Å²) < 4.78 is 16.2. The lowest BCUT2D eigenvalue weighted by molar-refractivity contribution is 0.0546. The van der Waals surface area contributed by atoms with Crippen molar-refractivity contribution < 1.29 is 14.2 Å². The van der Waals surface area contributed by atoms with Crippen LogP contribution in [0.5, 0.6) is 5.75 Å². The average Bonchev–Trinajstić information content (AvgIpc) is 2.43. The zero-order valence-corrected chi connectivity index (χ0v) is 12.4. The first-order valence-corrected chi connectivity index (χ1v) is 6.91. The Labute approximate surface area is 120 Å². The molecule has 2 rings (SSSR count). The second-order valence-corrected chi connectivity index (χ2v) is 4.94. The van der Waals surface area contributed by atoms with Crippen molar-refractivity contribution in [2.24, 2.45) is 0 Å². The molecule has 0 radical (unpaired) electrons. The predicted octanol–water partition coefficient (Wildman–Crippen LogP) is 3.50. The van der Waals surface area contributed by atoms with Crippen LogP contribution in [0.3, 0.4) is 0 Å². The highest BCUT2D eigenvalue weighted by Crippen LogP contribution is 2.28. The number of methoxy groups -OCH3 is 1. The quantitative estimate of drug-likeness (QED) is 0.723.